The zero-order chi connectivity index (χ0) is 13.3. The normalized spacial score (nSPS) is 11.5. The number of alkyl halides is 3. The molecule has 18 heavy (non-hydrogen) atoms. The predicted octanol–water partition coefficient (Wildman–Crippen LogP) is 1.92. The first-order chi connectivity index (χ1) is 8.39. The van der Waals surface area contributed by atoms with E-state index in [2.05, 4.69) is 10.1 Å². The number of pyridine rings is 1. The SMILES string of the molecule is NC(=S)c1cccnc1-n1ccc(C(F)(F)F)n1. The van der Waals surface area contributed by atoms with Crippen LogP contribution in [0.4, 0.5) is 13.2 Å². The number of hydrogen-bond acceptors (Lipinski definition) is 3. The van der Waals surface area contributed by atoms with Crippen molar-refractivity contribution in [1.29, 1.82) is 0 Å². The van der Waals surface area contributed by atoms with Crippen molar-refractivity contribution < 1.29 is 13.2 Å². The molecule has 0 amide bonds. The summed E-state index contributed by atoms with van der Waals surface area (Å²) in [5.74, 6) is 0.167. The van der Waals surface area contributed by atoms with E-state index in [1.54, 1.807) is 12.1 Å². The molecule has 2 aromatic rings. The van der Waals surface area contributed by atoms with E-state index in [9.17, 15) is 13.2 Å². The van der Waals surface area contributed by atoms with Crippen LogP contribution < -0.4 is 5.73 Å². The molecule has 2 aromatic heterocycles. The van der Waals surface area contributed by atoms with Crippen LogP contribution in [0.3, 0.4) is 0 Å². The third-order valence-electron chi connectivity index (χ3n) is 2.15. The van der Waals surface area contributed by atoms with Crippen molar-refractivity contribution in [2.45, 2.75) is 6.18 Å². The first kappa shape index (κ1) is 12.5. The molecule has 0 aromatic carbocycles. The monoisotopic (exact) mass is 272 g/mol. The molecule has 2 N–H and O–H groups in total. The standard InChI is InChI=1S/C10H7F3N4S/c11-10(12,13)7-3-5-17(16-7)9-6(8(14)18)2-1-4-15-9/h1-5H,(H2,14,18). The molecule has 4 nitrogen and oxygen atoms in total. The van der Waals surface area contributed by atoms with Crippen LogP contribution in [0.25, 0.3) is 5.82 Å². The van der Waals surface area contributed by atoms with E-state index in [0.717, 1.165) is 16.9 Å². The third kappa shape index (κ3) is 2.33. The topological polar surface area (TPSA) is 56.7 Å². The molecule has 0 aliphatic carbocycles. The van der Waals surface area contributed by atoms with Crippen molar-refractivity contribution in [3.05, 3.63) is 41.9 Å². The van der Waals surface area contributed by atoms with Crippen LogP contribution in [0.2, 0.25) is 0 Å². The lowest BCUT2D eigenvalue weighted by molar-refractivity contribution is -0.141. The number of thiocarbonyl (C=S) groups is 1. The number of rotatable bonds is 2. The lowest BCUT2D eigenvalue weighted by Gasteiger charge is -2.06. The molecular weight excluding hydrogens is 265 g/mol. The van der Waals surface area contributed by atoms with E-state index in [0.29, 0.717) is 5.56 Å². The van der Waals surface area contributed by atoms with Crippen molar-refractivity contribution in [2.24, 2.45) is 5.73 Å². The number of halogens is 3. The molecule has 0 atom stereocenters. The van der Waals surface area contributed by atoms with E-state index >= 15 is 0 Å². The first-order valence-corrected chi connectivity index (χ1v) is 5.18. The van der Waals surface area contributed by atoms with Gasteiger partial charge in [-0.25, -0.2) is 9.67 Å². The Labute approximate surface area is 105 Å². The van der Waals surface area contributed by atoms with E-state index in [4.69, 9.17) is 18.0 Å². The Kier molecular flexibility index (Phi) is 3.04. The highest BCUT2D eigenvalue weighted by Gasteiger charge is 2.33. The van der Waals surface area contributed by atoms with Gasteiger partial charge in [-0.3, -0.25) is 0 Å². The van der Waals surface area contributed by atoms with Gasteiger partial charge in [0.25, 0.3) is 0 Å². The Morgan fingerprint density at radius 2 is 2.06 bits per heavy atom. The van der Waals surface area contributed by atoms with Crippen LogP contribution in [0, 0.1) is 0 Å². The molecule has 0 bridgehead atoms. The van der Waals surface area contributed by atoms with Gasteiger partial charge in [0.2, 0.25) is 0 Å². The van der Waals surface area contributed by atoms with Gasteiger partial charge >= 0.3 is 6.18 Å². The Morgan fingerprint density at radius 3 is 2.61 bits per heavy atom. The lowest BCUT2D eigenvalue weighted by Crippen LogP contribution is -2.15. The van der Waals surface area contributed by atoms with Crippen molar-refractivity contribution >= 4 is 17.2 Å². The fraction of sp³-hybridized carbons (Fsp3) is 0.100. The Morgan fingerprint density at radius 1 is 1.33 bits per heavy atom. The molecular formula is C10H7F3N4S. The van der Waals surface area contributed by atoms with Gasteiger partial charge in [-0.1, -0.05) is 12.2 Å². The van der Waals surface area contributed by atoms with Crippen LogP contribution >= 0.6 is 12.2 Å². The maximum Gasteiger partial charge on any atom is 0.435 e. The van der Waals surface area contributed by atoms with E-state index in [1.165, 1.54) is 6.20 Å². The van der Waals surface area contributed by atoms with Crippen LogP contribution in [0.1, 0.15) is 11.3 Å². The van der Waals surface area contributed by atoms with Gasteiger partial charge in [-0.2, -0.15) is 18.3 Å². The summed E-state index contributed by atoms with van der Waals surface area (Å²) in [6.45, 7) is 0. The highest BCUT2D eigenvalue weighted by atomic mass is 32.1. The fourth-order valence-electron chi connectivity index (χ4n) is 1.36. The van der Waals surface area contributed by atoms with Crippen LogP contribution in [-0.4, -0.2) is 19.8 Å². The fourth-order valence-corrected chi connectivity index (χ4v) is 1.52. The van der Waals surface area contributed by atoms with Crippen LogP contribution in [0.5, 0.6) is 0 Å². The first-order valence-electron chi connectivity index (χ1n) is 4.77. The maximum absolute atomic E-state index is 12.4. The summed E-state index contributed by atoms with van der Waals surface area (Å²) < 4.78 is 38.3. The molecule has 0 saturated heterocycles. The molecule has 0 aliphatic rings. The van der Waals surface area contributed by atoms with Crippen molar-refractivity contribution in [2.75, 3.05) is 0 Å². The number of aromatic nitrogens is 3. The summed E-state index contributed by atoms with van der Waals surface area (Å²) in [4.78, 5) is 3.97. The van der Waals surface area contributed by atoms with Gasteiger partial charge in [-0.05, 0) is 18.2 Å². The Bertz CT molecular complexity index is 591. The summed E-state index contributed by atoms with van der Waals surface area (Å²) in [7, 11) is 0. The molecule has 2 heterocycles. The van der Waals surface area contributed by atoms with Gasteiger partial charge in [-0.15, -0.1) is 0 Å². The van der Waals surface area contributed by atoms with E-state index in [1.807, 2.05) is 0 Å². The van der Waals surface area contributed by atoms with Gasteiger partial charge in [0, 0.05) is 12.4 Å². The van der Waals surface area contributed by atoms with Crippen molar-refractivity contribution in [3.63, 3.8) is 0 Å². The maximum atomic E-state index is 12.4. The summed E-state index contributed by atoms with van der Waals surface area (Å²) >= 11 is 4.80. The largest absolute Gasteiger partial charge is 0.435 e. The number of nitrogens with zero attached hydrogens (tertiary/aromatic N) is 3. The summed E-state index contributed by atoms with van der Waals surface area (Å²) in [5, 5.41) is 3.41. The molecule has 0 radical (unpaired) electrons. The molecule has 0 saturated carbocycles. The minimum Gasteiger partial charge on any atom is -0.389 e. The van der Waals surface area contributed by atoms with E-state index < -0.39 is 11.9 Å². The minimum atomic E-state index is -4.50. The number of nitrogens with two attached hydrogens (primary N) is 1. The Balaban J connectivity index is 2.50. The predicted molar refractivity (Wildman–Crippen MR) is 62.2 cm³/mol. The average molecular weight is 272 g/mol. The summed E-state index contributed by atoms with van der Waals surface area (Å²) in [5.41, 5.74) is 4.84. The zero-order valence-electron chi connectivity index (χ0n) is 8.85. The highest BCUT2D eigenvalue weighted by Crippen LogP contribution is 2.27. The second-order valence-corrected chi connectivity index (χ2v) is 3.82. The second-order valence-electron chi connectivity index (χ2n) is 3.38. The smallest absolute Gasteiger partial charge is 0.389 e. The summed E-state index contributed by atoms with van der Waals surface area (Å²) in [6.07, 6.45) is -1.91. The molecule has 94 valence electrons. The van der Waals surface area contributed by atoms with Gasteiger partial charge in [0.15, 0.2) is 11.5 Å². The van der Waals surface area contributed by atoms with E-state index in [-0.39, 0.29) is 10.8 Å². The molecule has 0 aliphatic heterocycles. The van der Waals surface area contributed by atoms with Gasteiger partial charge in [0.05, 0.1) is 5.56 Å². The van der Waals surface area contributed by atoms with Crippen LogP contribution in [-0.2, 0) is 6.18 Å². The van der Waals surface area contributed by atoms with Gasteiger partial charge < -0.3 is 5.73 Å². The van der Waals surface area contributed by atoms with Crippen LogP contribution in [0.15, 0.2) is 30.6 Å². The molecule has 0 spiro atoms. The Hall–Kier alpha value is -1.96. The quantitative estimate of drug-likeness (QED) is 0.849. The summed E-state index contributed by atoms with van der Waals surface area (Å²) in [6, 6.07) is 4.02. The zero-order valence-corrected chi connectivity index (χ0v) is 9.66. The van der Waals surface area contributed by atoms with Crippen molar-refractivity contribution in [3.8, 4) is 5.82 Å². The highest BCUT2D eigenvalue weighted by molar-refractivity contribution is 7.80. The minimum absolute atomic E-state index is 0.0437. The van der Waals surface area contributed by atoms with Crippen molar-refractivity contribution in [1.82, 2.24) is 14.8 Å². The lowest BCUT2D eigenvalue weighted by atomic mass is 10.2. The third-order valence-corrected chi connectivity index (χ3v) is 2.37. The van der Waals surface area contributed by atoms with Gasteiger partial charge in [0.1, 0.15) is 4.99 Å². The molecule has 0 fully saturated rings. The molecule has 0 unspecified atom stereocenters. The molecule has 8 heteroatoms. The molecule has 2 rings (SSSR count). The average Bonchev–Trinajstić information content (AvgIpc) is 2.77. The second kappa shape index (κ2) is 4.37. The number of hydrogen-bond donors (Lipinski definition) is 1.